The molecule has 1 saturated heterocycles. The molecule has 1 heterocycles. The number of carbonyl (C=O) groups is 3. The summed E-state index contributed by atoms with van der Waals surface area (Å²) in [6, 6.07) is 0. The fourth-order valence-corrected chi connectivity index (χ4v) is 1.75. The minimum absolute atomic E-state index is 0. The number of cyclic esters (lactones) is 1. The monoisotopic (exact) mass is 192 g/mol. The normalized spacial score (nSPS) is 34.5. The molecular formula is C8H9NaO4. The maximum absolute atomic E-state index is 11.1. The van der Waals surface area contributed by atoms with Crippen molar-refractivity contribution < 1.29 is 19.1 Å². The molecule has 0 aromatic heterocycles. The average Bonchev–Trinajstić information content (AvgIpc) is 2.46. The molecule has 2 rings (SSSR count). The molecule has 0 bridgehead atoms. The van der Waals surface area contributed by atoms with E-state index in [2.05, 4.69) is 0 Å². The Kier molecular flexibility index (Phi) is 2.43. The summed E-state index contributed by atoms with van der Waals surface area (Å²) < 4.78 is 4.81. The van der Waals surface area contributed by atoms with Crippen molar-refractivity contribution in [1.29, 1.82) is 0 Å². The molecule has 1 spiro atoms. The SMILES string of the molecule is CC1OC(=O)C2(C(=O)C2=O)C1C.[NaH]. The molecule has 0 radical (unpaired) electrons. The van der Waals surface area contributed by atoms with Crippen LogP contribution in [0.5, 0.6) is 0 Å². The molecule has 1 saturated carbocycles. The summed E-state index contributed by atoms with van der Waals surface area (Å²) in [7, 11) is 0. The Morgan fingerprint density at radius 3 is 1.77 bits per heavy atom. The molecule has 2 fully saturated rings. The van der Waals surface area contributed by atoms with Gasteiger partial charge in [0.15, 0.2) is 0 Å². The molecule has 0 N–H and O–H groups in total. The van der Waals surface area contributed by atoms with Gasteiger partial charge in [-0.3, -0.25) is 14.4 Å². The van der Waals surface area contributed by atoms with Gasteiger partial charge in [0, 0.05) is 5.92 Å². The number of ether oxygens (including phenoxy) is 1. The summed E-state index contributed by atoms with van der Waals surface area (Å²) in [6.07, 6.45) is -0.326. The van der Waals surface area contributed by atoms with Crippen LogP contribution in [0.4, 0.5) is 0 Å². The van der Waals surface area contributed by atoms with E-state index in [1.54, 1.807) is 13.8 Å². The van der Waals surface area contributed by atoms with Gasteiger partial charge >= 0.3 is 35.5 Å². The third kappa shape index (κ3) is 0.994. The summed E-state index contributed by atoms with van der Waals surface area (Å²) in [4.78, 5) is 33.1. The van der Waals surface area contributed by atoms with Gasteiger partial charge in [-0.05, 0) is 6.92 Å². The first-order chi connectivity index (χ1) is 5.52. The van der Waals surface area contributed by atoms with Crippen LogP contribution in [0.3, 0.4) is 0 Å². The van der Waals surface area contributed by atoms with Crippen LogP contribution in [0.1, 0.15) is 13.8 Å². The summed E-state index contributed by atoms with van der Waals surface area (Å²) >= 11 is 0. The predicted octanol–water partition coefficient (Wildman–Crippen LogP) is -0.943. The van der Waals surface area contributed by atoms with Gasteiger partial charge in [0.2, 0.25) is 17.0 Å². The van der Waals surface area contributed by atoms with Crippen LogP contribution >= 0.6 is 0 Å². The minimum atomic E-state index is -1.39. The quantitative estimate of drug-likeness (QED) is 0.215. The first-order valence-corrected chi connectivity index (χ1v) is 3.83. The fourth-order valence-electron chi connectivity index (χ4n) is 1.75. The van der Waals surface area contributed by atoms with E-state index in [9.17, 15) is 14.4 Å². The Balaban J connectivity index is 0.000000845. The van der Waals surface area contributed by atoms with E-state index in [0.29, 0.717) is 0 Å². The molecule has 5 heteroatoms. The molecular weight excluding hydrogens is 183 g/mol. The van der Waals surface area contributed by atoms with Crippen LogP contribution in [0.25, 0.3) is 0 Å². The Bertz CT molecular complexity index is 295. The standard InChI is InChI=1S/C8H8O4.Na.H/c1-3-4(2)12-7(11)8(3)5(9)6(8)10;;/h3-4H,1-2H3;;. The molecule has 1 aliphatic carbocycles. The van der Waals surface area contributed by atoms with Crippen molar-refractivity contribution in [2.75, 3.05) is 0 Å². The second kappa shape index (κ2) is 2.90. The topological polar surface area (TPSA) is 60.4 Å². The Labute approximate surface area is 97.3 Å². The molecule has 0 aromatic carbocycles. The fraction of sp³-hybridized carbons (Fsp3) is 0.625. The Morgan fingerprint density at radius 2 is 1.62 bits per heavy atom. The molecule has 1 aliphatic heterocycles. The van der Waals surface area contributed by atoms with Gasteiger partial charge in [0.1, 0.15) is 6.10 Å². The number of carbonyl (C=O) groups excluding carboxylic acids is 3. The van der Waals surface area contributed by atoms with Crippen LogP contribution in [0.15, 0.2) is 0 Å². The molecule has 2 unspecified atom stereocenters. The third-order valence-electron chi connectivity index (χ3n) is 2.86. The van der Waals surface area contributed by atoms with Crippen molar-refractivity contribution >= 4 is 47.1 Å². The average molecular weight is 192 g/mol. The van der Waals surface area contributed by atoms with Gasteiger partial charge in [0.25, 0.3) is 0 Å². The van der Waals surface area contributed by atoms with Gasteiger partial charge in [-0.1, -0.05) is 6.92 Å². The van der Waals surface area contributed by atoms with Crippen LogP contribution in [0, 0.1) is 11.3 Å². The van der Waals surface area contributed by atoms with Crippen molar-refractivity contribution in [2.45, 2.75) is 20.0 Å². The van der Waals surface area contributed by atoms with Gasteiger partial charge in [-0.2, -0.15) is 0 Å². The molecule has 13 heavy (non-hydrogen) atoms. The zero-order chi connectivity index (χ0) is 9.09. The second-order valence-corrected chi connectivity index (χ2v) is 3.37. The predicted molar refractivity (Wildman–Crippen MR) is 44.3 cm³/mol. The molecule has 66 valence electrons. The van der Waals surface area contributed by atoms with Crippen LogP contribution in [0.2, 0.25) is 0 Å². The van der Waals surface area contributed by atoms with Gasteiger partial charge in [0.05, 0.1) is 0 Å². The first kappa shape index (κ1) is 10.9. The van der Waals surface area contributed by atoms with Crippen molar-refractivity contribution in [3.8, 4) is 0 Å². The van der Waals surface area contributed by atoms with E-state index >= 15 is 0 Å². The molecule has 2 aliphatic rings. The summed E-state index contributed by atoms with van der Waals surface area (Å²) in [5, 5.41) is 0. The van der Waals surface area contributed by atoms with E-state index < -0.39 is 23.0 Å². The van der Waals surface area contributed by atoms with E-state index in [-0.39, 0.29) is 41.6 Å². The number of hydrogen-bond donors (Lipinski definition) is 0. The third-order valence-corrected chi connectivity index (χ3v) is 2.86. The van der Waals surface area contributed by atoms with E-state index in [1.165, 1.54) is 0 Å². The van der Waals surface area contributed by atoms with E-state index in [0.717, 1.165) is 0 Å². The number of Topliss-reactive ketones (excluding diaryl/α,β-unsaturated/α-hetero) is 2. The maximum atomic E-state index is 11.1. The first-order valence-electron chi connectivity index (χ1n) is 3.83. The van der Waals surface area contributed by atoms with Crippen molar-refractivity contribution in [3.05, 3.63) is 0 Å². The van der Waals surface area contributed by atoms with Crippen molar-refractivity contribution in [3.63, 3.8) is 0 Å². The van der Waals surface area contributed by atoms with Crippen LogP contribution in [-0.4, -0.2) is 53.2 Å². The van der Waals surface area contributed by atoms with Crippen molar-refractivity contribution in [2.24, 2.45) is 11.3 Å². The van der Waals surface area contributed by atoms with E-state index in [1.807, 2.05) is 0 Å². The molecule has 4 nitrogen and oxygen atoms in total. The number of hydrogen-bond acceptors (Lipinski definition) is 4. The van der Waals surface area contributed by atoms with Gasteiger partial charge < -0.3 is 4.74 Å². The Morgan fingerprint density at radius 1 is 1.15 bits per heavy atom. The van der Waals surface area contributed by atoms with Crippen LogP contribution in [-0.2, 0) is 19.1 Å². The Hall–Kier alpha value is -0.190. The molecule has 0 aromatic rings. The summed E-state index contributed by atoms with van der Waals surface area (Å²) in [5.74, 6) is -2.11. The molecule has 0 amide bonds. The van der Waals surface area contributed by atoms with Gasteiger partial charge in [-0.25, -0.2) is 0 Å². The van der Waals surface area contributed by atoms with Crippen molar-refractivity contribution in [1.82, 2.24) is 0 Å². The second-order valence-electron chi connectivity index (χ2n) is 3.37. The summed E-state index contributed by atoms with van der Waals surface area (Å²) in [6.45, 7) is 3.38. The zero-order valence-electron chi connectivity index (χ0n) is 6.79. The number of ketones is 2. The summed E-state index contributed by atoms with van der Waals surface area (Å²) in [5.41, 5.74) is -1.39. The number of rotatable bonds is 0. The zero-order valence-corrected chi connectivity index (χ0v) is 6.79. The number of esters is 1. The van der Waals surface area contributed by atoms with E-state index in [4.69, 9.17) is 4.74 Å². The molecule has 2 atom stereocenters. The van der Waals surface area contributed by atoms with Gasteiger partial charge in [-0.15, -0.1) is 0 Å². The van der Waals surface area contributed by atoms with Crippen LogP contribution < -0.4 is 0 Å².